The van der Waals surface area contributed by atoms with Crippen LogP contribution in [0, 0.1) is 0 Å². The monoisotopic (exact) mass is 486 g/mol. The molecule has 6 nitrogen and oxygen atoms in total. The standard InChI is InChI=1S/C25H19BrN4O2/c1-16(31)24-23(19-5-3-2-4-6-19)22-13-20(26)11-12-21(22)25(32)30(24)15-18-9-7-17(8-10-18)14-28-29-27/h2-13H,14-15H2,1H3. The summed E-state index contributed by atoms with van der Waals surface area (Å²) >= 11 is 3.50. The number of benzene rings is 3. The summed E-state index contributed by atoms with van der Waals surface area (Å²) in [5.74, 6) is -0.178. The SMILES string of the molecule is CC(=O)c1c(-c2ccccc2)c2cc(Br)ccc2c(=O)n1Cc1ccc(CN=[N+]=[N-])cc1. The molecule has 0 bridgehead atoms. The fourth-order valence-electron chi connectivity index (χ4n) is 3.88. The molecule has 0 N–H and O–H groups in total. The van der Waals surface area contributed by atoms with Gasteiger partial charge in [-0.15, -0.1) is 0 Å². The number of hydrogen-bond donors (Lipinski definition) is 0. The molecule has 0 aliphatic carbocycles. The number of carbonyl (C=O) groups excluding carboxylic acids is 1. The molecule has 0 fully saturated rings. The van der Waals surface area contributed by atoms with Crippen LogP contribution in [0.15, 0.2) is 87.2 Å². The van der Waals surface area contributed by atoms with E-state index in [0.717, 1.165) is 32.1 Å². The van der Waals surface area contributed by atoms with Crippen molar-refractivity contribution in [1.29, 1.82) is 0 Å². The van der Waals surface area contributed by atoms with Gasteiger partial charge in [0.25, 0.3) is 5.56 Å². The van der Waals surface area contributed by atoms with Crippen molar-refractivity contribution in [2.24, 2.45) is 5.11 Å². The summed E-state index contributed by atoms with van der Waals surface area (Å²) in [4.78, 5) is 29.2. The molecule has 1 aromatic heterocycles. The van der Waals surface area contributed by atoms with Crippen molar-refractivity contribution >= 4 is 32.5 Å². The Labute approximate surface area is 192 Å². The highest BCUT2D eigenvalue weighted by atomic mass is 79.9. The predicted octanol–water partition coefficient (Wildman–Crippen LogP) is 6.49. The highest BCUT2D eigenvalue weighted by Gasteiger charge is 2.21. The van der Waals surface area contributed by atoms with Gasteiger partial charge in [0.2, 0.25) is 0 Å². The first-order valence-corrected chi connectivity index (χ1v) is 10.8. The minimum absolute atomic E-state index is 0.178. The van der Waals surface area contributed by atoms with Crippen molar-refractivity contribution < 1.29 is 4.79 Å². The van der Waals surface area contributed by atoms with Gasteiger partial charge in [-0.25, -0.2) is 0 Å². The smallest absolute Gasteiger partial charge is 0.259 e. The Hall–Kier alpha value is -3.67. The number of halogens is 1. The lowest BCUT2D eigenvalue weighted by Crippen LogP contribution is -2.27. The van der Waals surface area contributed by atoms with Crippen LogP contribution in [0.3, 0.4) is 0 Å². The molecular formula is C25H19BrN4O2. The lowest BCUT2D eigenvalue weighted by Gasteiger charge is -2.19. The van der Waals surface area contributed by atoms with Gasteiger partial charge in [-0.05, 0) is 45.8 Å². The van der Waals surface area contributed by atoms with Crippen molar-refractivity contribution in [3.05, 3.63) is 115 Å². The van der Waals surface area contributed by atoms with Gasteiger partial charge in [0.1, 0.15) is 0 Å². The van der Waals surface area contributed by atoms with Crippen LogP contribution in [0.4, 0.5) is 0 Å². The minimum atomic E-state index is -0.212. The van der Waals surface area contributed by atoms with Gasteiger partial charge in [0, 0.05) is 27.3 Å². The molecule has 4 aromatic rings. The van der Waals surface area contributed by atoms with E-state index < -0.39 is 0 Å². The zero-order valence-corrected chi connectivity index (χ0v) is 18.9. The number of aromatic nitrogens is 1. The van der Waals surface area contributed by atoms with Gasteiger partial charge in [-0.3, -0.25) is 14.2 Å². The maximum absolute atomic E-state index is 13.5. The molecule has 0 saturated heterocycles. The molecule has 3 aromatic carbocycles. The summed E-state index contributed by atoms with van der Waals surface area (Å²) in [6.07, 6.45) is 0. The lowest BCUT2D eigenvalue weighted by molar-refractivity contribution is 0.100. The summed E-state index contributed by atoms with van der Waals surface area (Å²) in [6.45, 7) is 2.00. The third-order valence-corrected chi connectivity index (χ3v) is 5.80. The number of rotatable bonds is 6. The fourth-order valence-corrected chi connectivity index (χ4v) is 4.24. The predicted molar refractivity (Wildman–Crippen MR) is 130 cm³/mol. The van der Waals surface area contributed by atoms with E-state index in [2.05, 4.69) is 26.0 Å². The number of Topliss-reactive ketones (excluding diaryl/α,β-unsaturated/α-hetero) is 1. The zero-order valence-electron chi connectivity index (χ0n) is 17.3. The molecule has 0 radical (unpaired) electrons. The van der Waals surface area contributed by atoms with E-state index in [1.54, 1.807) is 10.6 Å². The highest BCUT2D eigenvalue weighted by molar-refractivity contribution is 9.10. The van der Waals surface area contributed by atoms with Gasteiger partial charge in [-0.1, -0.05) is 75.6 Å². The van der Waals surface area contributed by atoms with E-state index in [1.165, 1.54) is 6.92 Å². The number of carbonyl (C=O) groups is 1. The average Bonchev–Trinajstić information content (AvgIpc) is 2.80. The summed E-state index contributed by atoms with van der Waals surface area (Å²) in [5.41, 5.74) is 12.0. The van der Waals surface area contributed by atoms with Crippen molar-refractivity contribution in [2.45, 2.75) is 20.0 Å². The Morgan fingerprint density at radius 3 is 2.34 bits per heavy atom. The summed E-state index contributed by atoms with van der Waals surface area (Å²) in [5, 5.41) is 4.86. The molecule has 0 atom stereocenters. The van der Waals surface area contributed by atoms with E-state index in [1.807, 2.05) is 66.7 Å². The minimum Gasteiger partial charge on any atom is -0.300 e. The Morgan fingerprint density at radius 2 is 1.69 bits per heavy atom. The molecule has 0 aliphatic heterocycles. The molecule has 0 aliphatic rings. The van der Waals surface area contributed by atoms with Gasteiger partial charge >= 0.3 is 0 Å². The van der Waals surface area contributed by atoms with Crippen LogP contribution in [0.25, 0.3) is 32.3 Å². The van der Waals surface area contributed by atoms with Crippen LogP contribution in [0.5, 0.6) is 0 Å². The van der Waals surface area contributed by atoms with Gasteiger partial charge in [-0.2, -0.15) is 0 Å². The Balaban J connectivity index is 1.96. The quantitative estimate of drug-likeness (QED) is 0.135. The number of pyridine rings is 1. The molecule has 4 rings (SSSR count). The van der Waals surface area contributed by atoms with Crippen LogP contribution in [-0.2, 0) is 13.1 Å². The van der Waals surface area contributed by atoms with Crippen LogP contribution >= 0.6 is 15.9 Å². The van der Waals surface area contributed by atoms with Crippen LogP contribution in [0.2, 0.25) is 0 Å². The Morgan fingerprint density at radius 1 is 1.00 bits per heavy atom. The van der Waals surface area contributed by atoms with Gasteiger partial charge < -0.3 is 0 Å². The number of nitrogens with zero attached hydrogens (tertiary/aromatic N) is 4. The molecule has 158 valence electrons. The molecule has 0 amide bonds. The first-order chi connectivity index (χ1) is 15.5. The second-order valence-corrected chi connectivity index (χ2v) is 8.35. The largest absolute Gasteiger partial charge is 0.300 e. The lowest BCUT2D eigenvalue weighted by atomic mass is 9.95. The normalized spacial score (nSPS) is 10.7. The van der Waals surface area contributed by atoms with E-state index in [4.69, 9.17) is 5.53 Å². The van der Waals surface area contributed by atoms with Crippen molar-refractivity contribution in [3.8, 4) is 11.1 Å². The first kappa shape index (κ1) is 21.6. The van der Waals surface area contributed by atoms with Crippen molar-refractivity contribution in [2.75, 3.05) is 0 Å². The molecular weight excluding hydrogens is 468 g/mol. The Bertz CT molecular complexity index is 1420. The molecule has 32 heavy (non-hydrogen) atoms. The Kier molecular flexibility index (Phi) is 6.21. The van der Waals surface area contributed by atoms with Crippen LogP contribution in [0.1, 0.15) is 28.5 Å². The molecule has 7 heteroatoms. The number of fused-ring (bicyclic) bond motifs is 1. The maximum Gasteiger partial charge on any atom is 0.259 e. The maximum atomic E-state index is 13.5. The van der Waals surface area contributed by atoms with E-state index in [-0.39, 0.29) is 24.4 Å². The van der Waals surface area contributed by atoms with Crippen LogP contribution < -0.4 is 5.56 Å². The second kappa shape index (κ2) is 9.22. The summed E-state index contributed by atoms with van der Waals surface area (Å²) in [7, 11) is 0. The number of azide groups is 1. The zero-order chi connectivity index (χ0) is 22.7. The van der Waals surface area contributed by atoms with Gasteiger partial charge in [0.05, 0.1) is 18.8 Å². The first-order valence-electron chi connectivity index (χ1n) is 10.0. The third kappa shape index (κ3) is 4.21. The van der Waals surface area contributed by atoms with E-state index in [0.29, 0.717) is 11.1 Å². The number of ketones is 1. The van der Waals surface area contributed by atoms with Crippen molar-refractivity contribution in [1.82, 2.24) is 4.57 Å². The van der Waals surface area contributed by atoms with Crippen molar-refractivity contribution in [3.63, 3.8) is 0 Å². The highest BCUT2D eigenvalue weighted by Crippen LogP contribution is 2.33. The topological polar surface area (TPSA) is 87.8 Å². The molecule has 0 saturated carbocycles. The van der Waals surface area contributed by atoms with E-state index >= 15 is 0 Å². The fraction of sp³-hybridized carbons (Fsp3) is 0.120. The molecule has 1 heterocycles. The van der Waals surface area contributed by atoms with Gasteiger partial charge in [0.15, 0.2) is 5.78 Å². The summed E-state index contributed by atoms with van der Waals surface area (Å²) in [6, 6.07) is 22.6. The molecule has 0 spiro atoms. The molecule has 0 unspecified atom stereocenters. The average molecular weight is 487 g/mol. The second-order valence-electron chi connectivity index (χ2n) is 7.43. The summed E-state index contributed by atoms with van der Waals surface area (Å²) < 4.78 is 2.40. The van der Waals surface area contributed by atoms with Crippen LogP contribution in [-0.4, -0.2) is 10.4 Å². The van der Waals surface area contributed by atoms with E-state index in [9.17, 15) is 9.59 Å². The third-order valence-electron chi connectivity index (χ3n) is 5.31. The number of hydrogen-bond acceptors (Lipinski definition) is 3.